The third kappa shape index (κ3) is 4.71. The normalized spacial score (nSPS) is 15.9. The van der Waals surface area contributed by atoms with Gasteiger partial charge in [-0.2, -0.15) is 4.98 Å². The Kier molecular flexibility index (Phi) is 6.21. The molecule has 158 valence electrons. The highest BCUT2D eigenvalue weighted by atomic mass is 16.5. The molecule has 4 rings (SSSR count). The molecule has 0 radical (unpaired) electrons. The number of piperidine rings is 1. The fourth-order valence-corrected chi connectivity index (χ4v) is 3.66. The van der Waals surface area contributed by atoms with Crippen molar-refractivity contribution in [2.75, 3.05) is 20.2 Å². The number of likely N-dealkylation sites (tertiary alicyclic amines) is 1. The van der Waals surface area contributed by atoms with Crippen molar-refractivity contribution in [2.24, 2.45) is 0 Å². The molecule has 1 unspecified atom stereocenters. The molecular weight excluding hydrogens is 394 g/mol. The number of carbonyl (C=O) groups excluding carboxylic acids is 2. The van der Waals surface area contributed by atoms with E-state index in [9.17, 15) is 9.59 Å². The lowest BCUT2D eigenvalue weighted by atomic mass is 9.97. The number of benzene rings is 2. The first-order valence-corrected chi connectivity index (χ1v) is 10.2. The Labute approximate surface area is 180 Å². The molecule has 2 heterocycles. The zero-order valence-electron chi connectivity index (χ0n) is 17.2. The molecule has 7 nitrogen and oxygen atoms in total. The van der Waals surface area contributed by atoms with Crippen molar-refractivity contribution in [3.63, 3.8) is 0 Å². The highest BCUT2D eigenvalue weighted by Gasteiger charge is 2.28. The number of carbonyl (C=O) groups is 2. The molecule has 7 heteroatoms. The zero-order chi connectivity index (χ0) is 21.6. The molecule has 0 saturated carbocycles. The average molecular weight is 417 g/mol. The smallest absolute Gasteiger partial charge is 0.319 e. The van der Waals surface area contributed by atoms with Gasteiger partial charge in [0.05, 0.1) is 19.2 Å². The van der Waals surface area contributed by atoms with Crippen LogP contribution in [0.3, 0.4) is 0 Å². The highest BCUT2D eigenvalue weighted by molar-refractivity contribution is 6.15. The highest BCUT2D eigenvalue weighted by Crippen LogP contribution is 2.22. The molecule has 2 aromatic carbocycles. The number of ether oxygens (including phenoxy) is 2. The first-order valence-electron chi connectivity index (χ1n) is 10.2. The molecule has 1 atom stereocenters. The Bertz CT molecular complexity index is 1070. The van der Waals surface area contributed by atoms with Crippen LogP contribution in [0, 0.1) is 0 Å². The fraction of sp³-hybridized carbons (Fsp3) is 0.250. The van der Waals surface area contributed by atoms with E-state index in [4.69, 9.17) is 9.47 Å². The van der Waals surface area contributed by atoms with E-state index in [1.54, 1.807) is 53.6 Å². The number of amides is 1. The second-order valence-corrected chi connectivity index (χ2v) is 7.26. The molecule has 0 N–H and O–H groups in total. The summed E-state index contributed by atoms with van der Waals surface area (Å²) in [5, 5.41) is 0. The molecule has 1 saturated heterocycles. The summed E-state index contributed by atoms with van der Waals surface area (Å²) in [6.07, 6.45) is 2.97. The van der Waals surface area contributed by atoms with Crippen LogP contribution < -0.4 is 9.47 Å². The Hall–Kier alpha value is -3.74. The summed E-state index contributed by atoms with van der Waals surface area (Å²) in [7, 11) is 1.49. The van der Waals surface area contributed by atoms with Crippen LogP contribution >= 0.6 is 0 Å². The number of hydrogen-bond acceptors (Lipinski definition) is 6. The Morgan fingerprint density at radius 2 is 1.74 bits per heavy atom. The molecule has 1 aromatic heterocycles. The van der Waals surface area contributed by atoms with Crippen LogP contribution in [0.5, 0.6) is 11.9 Å². The molecule has 1 amide bonds. The van der Waals surface area contributed by atoms with Gasteiger partial charge in [-0.1, -0.05) is 48.5 Å². The van der Waals surface area contributed by atoms with E-state index < -0.39 is 0 Å². The minimum Gasteiger partial charge on any atom is -0.472 e. The number of methoxy groups -OCH3 is 1. The standard InChI is InChI=1S/C24H23N3O4/c1-30-24-25-14-13-21(26-24)31-18-10-7-15-27(16-18)23(29)20-12-6-5-11-19(20)22(28)17-8-3-2-4-9-17/h2-6,8-9,11-14,18H,7,10,15-16H2,1H3. The van der Waals surface area contributed by atoms with Gasteiger partial charge in [0, 0.05) is 29.9 Å². The number of ketones is 1. The van der Waals surface area contributed by atoms with Gasteiger partial charge in [-0.25, -0.2) is 4.98 Å². The summed E-state index contributed by atoms with van der Waals surface area (Å²) < 4.78 is 11.0. The SMILES string of the molecule is COc1nccc(OC2CCCN(C(=O)c3ccccc3C(=O)c3ccccc3)C2)n1. The van der Waals surface area contributed by atoms with Crippen LogP contribution in [0.15, 0.2) is 66.9 Å². The molecular formula is C24H23N3O4. The lowest BCUT2D eigenvalue weighted by Crippen LogP contribution is -2.44. The van der Waals surface area contributed by atoms with Gasteiger partial charge in [-0.05, 0) is 18.9 Å². The van der Waals surface area contributed by atoms with Crippen molar-refractivity contribution in [1.29, 1.82) is 0 Å². The van der Waals surface area contributed by atoms with Gasteiger partial charge in [0.1, 0.15) is 6.10 Å². The maximum Gasteiger partial charge on any atom is 0.319 e. The van der Waals surface area contributed by atoms with Gasteiger partial charge in [0.2, 0.25) is 5.88 Å². The zero-order valence-corrected chi connectivity index (χ0v) is 17.2. The molecule has 1 fully saturated rings. The van der Waals surface area contributed by atoms with E-state index in [1.807, 2.05) is 18.2 Å². The van der Waals surface area contributed by atoms with Gasteiger partial charge in [0.25, 0.3) is 5.91 Å². The van der Waals surface area contributed by atoms with E-state index in [0.29, 0.717) is 35.7 Å². The molecule has 1 aliphatic heterocycles. The van der Waals surface area contributed by atoms with Crippen LogP contribution in [-0.4, -0.2) is 52.9 Å². The summed E-state index contributed by atoms with van der Waals surface area (Å²) in [6, 6.07) is 17.8. The van der Waals surface area contributed by atoms with Crippen molar-refractivity contribution in [1.82, 2.24) is 14.9 Å². The van der Waals surface area contributed by atoms with E-state index in [0.717, 1.165) is 12.8 Å². The van der Waals surface area contributed by atoms with Crippen LogP contribution in [0.2, 0.25) is 0 Å². The quantitative estimate of drug-likeness (QED) is 0.572. The number of aromatic nitrogens is 2. The van der Waals surface area contributed by atoms with Crippen molar-refractivity contribution in [3.8, 4) is 11.9 Å². The second-order valence-electron chi connectivity index (χ2n) is 7.26. The fourth-order valence-electron chi connectivity index (χ4n) is 3.66. The van der Waals surface area contributed by atoms with Crippen molar-refractivity contribution in [3.05, 3.63) is 83.6 Å². The number of nitrogens with zero attached hydrogens (tertiary/aromatic N) is 3. The molecule has 31 heavy (non-hydrogen) atoms. The Morgan fingerprint density at radius 3 is 2.52 bits per heavy atom. The third-order valence-corrected chi connectivity index (χ3v) is 5.18. The van der Waals surface area contributed by atoms with Crippen LogP contribution in [-0.2, 0) is 0 Å². The van der Waals surface area contributed by atoms with Crippen molar-refractivity contribution < 1.29 is 19.1 Å². The predicted octanol–water partition coefficient (Wildman–Crippen LogP) is 3.40. The van der Waals surface area contributed by atoms with Gasteiger partial charge < -0.3 is 14.4 Å². The minimum atomic E-state index is -0.200. The Morgan fingerprint density at radius 1 is 1.00 bits per heavy atom. The van der Waals surface area contributed by atoms with E-state index in [2.05, 4.69) is 9.97 Å². The van der Waals surface area contributed by atoms with Crippen molar-refractivity contribution >= 4 is 11.7 Å². The molecule has 1 aliphatic rings. The second kappa shape index (κ2) is 9.38. The first kappa shape index (κ1) is 20.5. The summed E-state index contributed by atoms with van der Waals surface area (Å²) in [5.74, 6) is 0.0710. The maximum absolute atomic E-state index is 13.3. The Balaban J connectivity index is 1.51. The lowest BCUT2D eigenvalue weighted by molar-refractivity contribution is 0.0524. The molecule has 0 aliphatic carbocycles. The first-order chi connectivity index (χ1) is 15.2. The maximum atomic E-state index is 13.3. The minimum absolute atomic E-state index is 0.164. The van der Waals surface area contributed by atoms with Crippen LogP contribution in [0.4, 0.5) is 0 Å². The molecule has 3 aromatic rings. The van der Waals surface area contributed by atoms with Gasteiger partial charge in [-0.15, -0.1) is 0 Å². The topological polar surface area (TPSA) is 81.6 Å². The summed E-state index contributed by atoms with van der Waals surface area (Å²) in [4.78, 5) is 36.2. The molecule has 0 spiro atoms. The third-order valence-electron chi connectivity index (χ3n) is 5.18. The van der Waals surface area contributed by atoms with Gasteiger partial charge in [0.15, 0.2) is 5.78 Å². The van der Waals surface area contributed by atoms with Crippen LogP contribution in [0.1, 0.15) is 39.1 Å². The van der Waals surface area contributed by atoms with E-state index >= 15 is 0 Å². The molecule has 0 bridgehead atoms. The van der Waals surface area contributed by atoms with Crippen molar-refractivity contribution in [2.45, 2.75) is 18.9 Å². The van der Waals surface area contributed by atoms with Gasteiger partial charge in [-0.3, -0.25) is 9.59 Å². The average Bonchev–Trinajstić information content (AvgIpc) is 2.84. The summed E-state index contributed by atoms with van der Waals surface area (Å²) in [5.41, 5.74) is 1.36. The van der Waals surface area contributed by atoms with Crippen LogP contribution in [0.25, 0.3) is 0 Å². The van der Waals surface area contributed by atoms with E-state index in [1.165, 1.54) is 7.11 Å². The number of hydrogen-bond donors (Lipinski definition) is 0. The predicted molar refractivity (Wildman–Crippen MR) is 114 cm³/mol. The monoisotopic (exact) mass is 417 g/mol. The largest absolute Gasteiger partial charge is 0.472 e. The summed E-state index contributed by atoms with van der Waals surface area (Å²) in [6.45, 7) is 1.03. The summed E-state index contributed by atoms with van der Waals surface area (Å²) >= 11 is 0. The number of rotatable bonds is 6. The van der Waals surface area contributed by atoms with Gasteiger partial charge >= 0.3 is 6.01 Å². The van der Waals surface area contributed by atoms with E-state index in [-0.39, 0.29) is 23.8 Å². The lowest BCUT2D eigenvalue weighted by Gasteiger charge is -2.33.